The summed E-state index contributed by atoms with van der Waals surface area (Å²) in [5.74, 6) is -0.108. The van der Waals surface area contributed by atoms with Gasteiger partial charge in [-0.3, -0.25) is 4.79 Å². The average molecular weight is 225 g/mol. The van der Waals surface area contributed by atoms with Crippen molar-refractivity contribution in [3.8, 4) is 0 Å². The van der Waals surface area contributed by atoms with Crippen molar-refractivity contribution < 1.29 is 9.53 Å². The van der Waals surface area contributed by atoms with Crippen LogP contribution in [-0.4, -0.2) is 31.2 Å². The Morgan fingerprint density at radius 2 is 2.31 bits per heavy atom. The number of H-pyrrole nitrogens is 1. The molecule has 90 valence electrons. The number of hydrogen-bond acceptors (Lipinski definition) is 3. The van der Waals surface area contributed by atoms with Crippen LogP contribution >= 0.6 is 0 Å². The Morgan fingerprint density at radius 3 is 2.94 bits per heavy atom. The SMILES string of the molecule is COCCCCCNC(=O)c1cc(N)c[nH]1. The lowest BCUT2D eigenvalue weighted by Crippen LogP contribution is -2.24. The van der Waals surface area contributed by atoms with E-state index in [4.69, 9.17) is 10.5 Å². The van der Waals surface area contributed by atoms with E-state index in [-0.39, 0.29) is 5.91 Å². The molecule has 0 saturated carbocycles. The van der Waals surface area contributed by atoms with Gasteiger partial charge in [0.25, 0.3) is 5.91 Å². The molecule has 1 aromatic rings. The molecule has 0 aliphatic carbocycles. The maximum atomic E-state index is 11.5. The van der Waals surface area contributed by atoms with E-state index in [1.165, 1.54) is 0 Å². The number of carbonyl (C=O) groups excluding carboxylic acids is 1. The number of methoxy groups -OCH3 is 1. The van der Waals surface area contributed by atoms with Crippen molar-refractivity contribution in [3.63, 3.8) is 0 Å². The molecule has 0 saturated heterocycles. The van der Waals surface area contributed by atoms with Crippen molar-refractivity contribution in [1.29, 1.82) is 0 Å². The zero-order valence-corrected chi connectivity index (χ0v) is 9.58. The average Bonchev–Trinajstić information content (AvgIpc) is 2.70. The normalized spacial score (nSPS) is 10.3. The van der Waals surface area contributed by atoms with Crippen LogP contribution < -0.4 is 11.1 Å². The molecule has 0 aliphatic heterocycles. The molecule has 0 atom stereocenters. The summed E-state index contributed by atoms with van der Waals surface area (Å²) in [6.45, 7) is 1.46. The van der Waals surface area contributed by atoms with Gasteiger partial charge >= 0.3 is 0 Å². The van der Waals surface area contributed by atoms with Crippen molar-refractivity contribution in [2.45, 2.75) is 19.3 Å². The van der Waals surface area contributed by atoms with Crippen LogP contribution in [0.5, 0.6) is 0 Å². The van der Waals surface area contributed by atoms with Crippen LogP contribution in [0.1, 0.15) is 29.8 Å². The van der Waals surface area contributed by atoms with E-state index in [1.807, 2.05) is 0 Å². The smallest absolute Gasteiger partial charge is 0.267 e. The number of aromatic nitrogens is 1. The monoisotopic (exact) mass is 225 g/mol. The predicted octanol–water partition coefficient (Wildman–Crippen LogP) is 1.14. The number of unbranched alkanes of at least 4 members (excludes halogenated alkanes) is 2. The Labute approximate surface area is 95.4 Å². The van der Waals surface area contributed by atoms with E-state index >= 15 is 0 Å². The molecule has 0 fully saturated rings. The molecule has 0 aromatic carbocycles. The van der Waals surface area contributed by atoms with Crippen LogP contribution in [0.15, 0.2) is 12.3 Å². The molecule has 0 unspecified atom stereocenters. The summed E-state index contributed by atoms with van der Waals surface area (Å²) in [7, 11) is 1.69. The van der Waals surface area contributed by atoms with Gasteiger partial charge in [0.1, 0.15) is 5.69 Å². The van der Waals surface area contributed by atoms with Gasteiger partial charge in [-0.25, -0.2) is 0 Å². The van der Waals surface area contributed by atoms with Crippen molar-refractivity contribution in [3.05, 3.63) is 18.0 Å². The molecule has 0 aliphatic rings. The lowest BCUT2D eigenvalue weighted by atomic mass is 10.2. The summed E-state index contributed by atoms with van der Waals surface area (Å²) in [6.07, 6.45) is 4.65. The third-order valence-corrected chi connectivity index (χ3v) is 2.26. The number of nitrogens with two attached hydrogens (primary N) is 1. The summed E-state index contributed by atoms with van der Waals surface area (Å²) >= 11 is 0. The zero-order valence-electron chi connectivity index (χ0n) is 9.58. The number of nitrogens with one attached hydrogen (secondary N) is 2. The largest absolute Gasteiger partial charge is 0.397 e. The number of aromatic amines is 1. The second-order valence-corrected chi connectivity index (χ2v) is 3.66. The third kappa shape index (κ3) is 4.35. The van der Waals surface area contributed by atoms with E-state index in [9.17, 15) is 4.79 Å². The van der Waals surface area contributed by atoms with Gasteiger partial charge in [-0.15, -0.1) is 0 Å². The van der Waals surface area contributed by atoms with Crippen molar-refractivity contribution in [1.82, 2.24) is 10.3 Å². The van der Waals surface area contributed by atoms with Gasteiger partial charge in [-0.05, 0) is 25.3 Å². The summed E-state index contributed by atoms with van der Waals surface area (Å²) in [4.78, 5) is 14.3. The molecule has 1 heterocycles. The van der Waals surface area contributed by atoms with E-state index in [0.29, 0.717) is 17.9 Å². The topological polar surface area (TPSA) is 80.1 Å². The Kier molecular flexibility index (Phi) is 5.42. The fraction of sp³-hybridized carbons (Fsp3) is 0.545. The number of nitrogen functional groups attached to an aromatic ring is 1. The summed E-state index contributed by atoms with van der Waals surface area (Å²) < 4.78 is 4.94. The van der Waals surface area contributed by atoms with Gasteiger partial charge < -0.3 is 20.8 Å². The summed E-state index contributed by atoms with van der Waals surface area (Å²) in [5, 5.41) is 2.82. The fourth-order valence-corrected chi connectivity index (χ4v) is 1.39. The first-order valence-electron chi connectivity index (χ1n) is 5.45. The Morgan fingerprint density at radius 1 is 1.50 bits per heavy atom. The molecule has 0 spiro atoms. The van der Waals surface area contributed by atoms with Crippen molar-refractivity contribution in [2.24, 2.45) is 0 Å². The second kappa shape index (κ2) is 6.90. The predicted molar refractivity (Wildman–Crippen MR) is 63.3 cm³/mol. The third-order valence-electron chi connectivity index (χ3n) is 2.26. The first-order chi connectivity index (χ1) is 7.74. The molecule has 5 nitrogen and oxygen atoms in total. The van der Waals surface area contributed by atoms with Gasteiger partial charge in [0, 0.05) is 32.1 Å². The minimum atomic E-state index is -0.108. The highest BCUT2D eigenvalue weighted by Gasteiger charge is 2.05. The maximum Gasteiger partial charge on any atom is 0.267 e. The van der Waals surface area contributed by atoms with Crippen LogP contribution in [-0.2, 0) is 4.74 Å². The first-order valence-corrected chi connectivity index (χ1v) is 5.45. The number of amides is 1. The van der Waals surface area contributed by atoms with Crippen LogP contribution in [0.4, 0.5) is 5.69 Å². The van der Waals surface area contributed by atoms with E-state index in [1.54, 1.807) is 19.4 Å². The molecular formula is C11H19N3O2. The number of carbonyl (C=O) groups is 1. The van der Waals surface area contributed by atoms with E-state index in [0.717, 1.165) is 25.9 Å². The molecule has 16 heavy (non-hydrogen) atoms. The van der Waals surface area contributed by atoms with Gasteiger partial charge in [0.2, 0.25) is 0 Å². The number of anilines is 1. The van der Waals surface area contributed by atoms with Gasteiger partial charge in [-0.2, -0.15) is 0 Å². The first kappa shape index (κ1) is 12.6. The number of ether oxygens (including phenoxy) is 1. The minimum Gasteiger partial charge on any atom is -0.397 e. The maximum absolute atomic E-state index is 11.5. The molecule has 1 aromatic heterocycles. The van der Waals surface area contributed by atoms with Crippen molar-refractivity contribution in [2.75, 3.05) is 26.0 Å². The second-order valence-electron chi connectivity index (χ2n) is 3.66. The summed E-state index contributed by atoms with van der Waals surface area (Å²) in [6, 6.07) is 1.63. The fourth-order valence-electron chi connectivity index (χ4n) is 1.39. The zero-order chi connectivity index (χ0) is 11.8. The Hall–Kier alpha value is -1.49. The molecule has 1 rings (SSSR count). The highest BCUT2D eigenvalue weighted by atomic mass is 16.5. The van der Waals surface area contributed by atoms with Crippen LogP contribution in [0.2, 0.25) is 0 Å². The van der Waals surface area contributed by atoms with E-state index < -0.39 is 0 Å². The van der Waals surface area contributed by atoms with Crippen LogP contribution in [0.3, 0.4) is 0 Å². The highest BCUT2D eigenvalue weighted by Crippen LogP contribution is 2.04. The Bertz CT molecular complexity index is 323. The summed E-state index contributed by atoms with van der Waals surface area (Å²) in [5.41, 5.74) is 6.58. The van der Waals surface area contributed by atoms with Gasteiger partial charge in [-0.1, -0.05) is 0 Å². The molecule has 5 heteroatoms. The minimum absolute atomic E-state index is 0.108. The molecule has 4 N–H and O–H groups in total. The number of rotatable bonds is 7. The van der Waals surface area contributed by atoms with Crippen LogP contribution in [0.25, 0.3) is 0 Å². The lowest BCUT2D eigenvalue weighted by Gasteiger charge is -2.03. The van der Waals surface area contributed by atoms with Crippen LogP contribution in [0, 0.1) is 0 Å². The van der Waals surface area contributed by atoms with Gasteiger partial charge in [0.15, 0.2) is 0 Å². The van der Waals surface area contributed by atoms with E-state index in [2.05, 4.69) is 10.3 Å². The quantitative estimate of drug-likeness (QED) is 0.609. The van der Waals surface area contributed by atoms with Gasteiger partial charge in [0.05, 0.1) is 0 Å². The highest BCUT2D eigenvalue weighted by molar-refractivity contribution is 5.93. The standard InChI is InChI=1S/C11H19N3O2/c1-16-6-4-2-3-5-13-11(15)10-7-9(12)8-14-10/h7-8,14H,2-6,12H2,1H3,(H,13,15). The van der Waals surface area contributed by atoms with Crippen molar-refractivity contribution >= 4 is 11.6 Å². The molecule has 0 radical (unpaired) electrons. The molecule has 1 amide bonds. The molecular weight excluding hydrogens is 206 g/mol. The lowest BCUT2D eigenvalue weighted by molar-refractivity contribution is 0.0948. The number of hydrogen-bond donors (Lipinski definition) is 3. The molecule has 0 bridgehead atoms. The Balaban J connectivity index is 2.11.